The van der Waals surface area contributed by atoms with Gasteiger partial charge in [0.15, 0.2) is 5.96 Å². The molecule has 0 aliphatic carbocycles. The van der Waals surface area contributed by atoms with Crippen LogP contribution in [-0.4, -0.2) is 48.1 Å². The molecular formula is C18H33N5. The van der Waals surface area contributed by atoms with E-state index in [9.17, 15) is 0 Å². The van der Waals surface area contributed by atoms with Crippen LogP contribution in [0.3, 0.4) is 0 Å². The monoisotopic (exact) mass is 319 g/mol. The van der Waals surface area contributed by atoms with Crippen molar-refractivity contribution in [2.45, 2.75) is 59.7 Å². The molecule has 2 N–H and O–H groups in total. The van der Waals surface area contributed by atoms with E-state index in [0.29, 0.717) is 18.6 Å². The third-order valence-corrected chi connectivity index (χ3v) is 3.82. The number of nitrogens with one attached hydrogen (secondary N) is 2. The van der Waals surface area contributed by atoms with E-state index in [4.69, 9.17) is 0 Å². The second kappa shape index (κ2) is 10.2. The molecule has 0 saturated heterocycles. The molecule has 0 amide bonds. The molecule has 1 heterocycles. The van der Waals surface area contributed by atoms with Gasteiger partial charge in [-0.25, -0.2) is 0 Å². The van der Waals surface area contributed by atoms with Crippen molar-refractivity contribution in [1.82, 2.24) is 20.5 Å². The first-order chi connectivity index (χ1) is 10.9. The average Bonchev–Trinajstić information content (AvgIpc) is 2.49. The first kappa shape index (κ1) is 19.4. The fourth-order valence-electron chi connectivity index (χ4n) is 2.67. The molecule has 0 unspecified atom stereocenters. The van der Waals surface area contributed by atoms with Gasteiger partial charge in [-0.15, -0.1) is 0 Å². The van der Waals surface area contributed by atoms with Crippen molar-refractivity contribution in [2.75, 3.05) is 20.1 Å². The Hall–Kier alpha value is -1.62. The summed E-state index contributed by atoms with van der Waals surface area (Å²) < 4.78 is 0. The van der Waals surface area contributed by atoms with E-state index < -0.39 is 0 Å². The molecule has 5 heteroatoms. The normalized spacial score (nSPS) is 12.3. The summed E-state index contributed by atoms with van der Waals surface area (Å²) in [6.45, 7) is 13.7. The zero-order chi connectivity index (χ0) is 17.2. The van der Waals surface area contributed by atoms with E-state index in [1.54, 1.807) is 7.05 Å². The number of hydrogen-bond donors (Lipinski definition) is 2. The molecule has 0 bridgehead atoms. The van der Waals surface area contributed by atoms with E-state index >= 15 is 0 Å². The second-order valence-electron chi connectivity index (χ2n) is 6.40. The van der Waals surface area contributed by atoms with Crippen molar-refractivity contribution in [2.24, 2.45) is 4.99 Å². The van der Waals surface area contributed by atoms with Gasteiger partial charge in [0.2, 0.25) is 0 Å². The molecule has 5 nitrogen and oxygen atoms in total. The topological polar surface area (TPSA) is 52.6 Å². The Kier molecular flexibility index (Phi) is 8.62. The van der Waals surface area contributed by atoms with Crippen LogP contribution in [-0.2, 0) is 6.54 Å². The van der Waals surface area contributed by atoms with Crippen molar-refractivity contribution < 1.29 is 0 Å². The molecule has 0 saturated carbocycles. The van der Waals surface area contributed by atoms with Gasteiger partial charge in [0, 0.05) is 37.9 Å². The lowest BCUT2D eigenvalue weighted by atomic mass is 10.2. The van der Waals surface area contributed by atoms with Gasteiger partial charge in [0.1, 0.15) is 0 Å². The largest absolute Gasteiger partial charge is 0.356 e. The maximum Gasteiger partial charge on any atom is 0.191 e. The Morgan fingerprint density at radius 2 is 1.87 bits per heavy atom. The van der Waals surface area contributed by atoms with Crippen LogP contribution in [0.2, 0.25) is 0 Å². The predicted octanol–water partition coefficient (Wildman–Crippen LogP) is 2.56. The van der Waals surface area contributed by atoms with E-state index in [1.165, 1.54) is 0 Å². The number of pyridine rings is 1. The number of aryl methyl sites for hydroxylation is 1. The molecule has 0 radical (unpaired) electrons. The molecule has 130 valence electrons. The van der Waals surface area contributed by atoms with E-state index in [0.717, 1.165) is 36.9 Å². The zero-order valence-electron chi connectivity index (χ0n) is 15.6. The highest BCUT2D eigenvalue weighted by atomic mass is 15.2. The molecule has 0 aromatic carbocycles. The highest BCUT2D eigenvalue weighted by molar-refractivity contribution is 5.79. The first-order valence-corrected chi connectivity index (χ1v) is 8.56. The lowest BCUT2D eigenvalue weighted by Gasteiger charge is -2.30. The summed E-state index contributed by atoms with van der Waals surface area (Å²) in [5.41, 5.74) is 2.06. The van der Waals surface area contributed by atoms with E-state index in [-0.39, 0.29) is 0 Å². The number of nitrogens with zero attached hydrogens (tertiary/aromatic N) is 3. The Morgan fingerprint density at radius 3 is 2.43 bits per heavy atom. The van der Waals surface area contributed by atoms with Crippen LogP contribution in [0.25, 0.3) is 0 Å². The Morgan fingerprint density at radius 1 is 1.17 bits per heavy atom. The van der Waals surface area contributed by atoms with Gasteiger partial charge in [-0.3, -0.25) is 14.9 Å². The lowest BCUT2D eigenvalue weighted by Crippen LogP contribution is -2.41. The number of hydrogen-bond acceptors (Lipinski definition) is 3. The number of aliphatic imine (C=N–C) groups is 1. The minimum Gasteiger partial charge on any atom is -0.356 e. The average molecular weight is 319 g/mol. The van der Waals surface area contributed by atoms with Crippen molar-refractivity contribution in [3.63, 3.8) is 0 Å². The summed E-state index contributed by atoms with van der Waals surface area (Å²) in [7, 11) is 1.80. The third kappa shape index (κ3) is 7.46. The second-order valence-corrected chi connectivity index (χ2v) is 6.40. The van der Waals surface area contributed by atoms with Gasteiger partial charge >= 0.3 is 0 Å². The smallest absolute Gasteiger partial charge is 0.191 e. The van der Waals surface area contributed by atoms with Gasteiger partial charge in [-0.1, -0.05) is 6.07 Å². The van der Waals surface area contributed by atoms with Gasteiger partial charge in [-0.2, -0.15) is 0 Å². The lowest BCUT2D eigenvalue weighted by molar-refractivity contribution is 0.173. The number of rotatable bonds is 8. The van der Waals surface area contributed by atoms with Gasteiger partial charge in [0.05, 0.1) is 12.2 Å². The minimum atomic E-state index is 0.583. The number of aromatic nitrogens is 1. The summed E-state index contributed by atoms with van der Waals surface area (Å²) >= 11 is 0. The van der Waals surface area contributed by atoms with E-state index in [2.05, 4.69) is 53.2 Å². The van der Waals surface area contributed by atoms with Gasteiger partial charge < -0.3 is 10.6 Å². The highest BCUT2D eigenvalue weighted by Gasteiger charge is 2.12. The molecule has 1 rings (SSSR count). The van der Waals surface area contributed by atoms with Crippen LogP contribution >= 0.6 is 0 Å². The maximum absolute atomic E-state index is 4.49. The SMILES string of the molecule is CN=C(NCCCN(C(C)C)C(C)C)NCc1cccc(C)n1. The van der Waals surface area contributed by atoms with Crippen LogP contribution in [0.15, 0.2) is 23.2 Å². The van der Waals surface area contributed by atoms with Crippen molar-refractivity contribution >= 4 is 5.96 Å². The molecule has 0 spiro atoms. The van der Waals surface area contributed by atoms with E-state index in [1.807, 2.05) is 25.1 Å². The molecule has 1 aromatic rings. The summed E-state index contributed by atoms with van der Waals surface area (Å²) in [5, 5.41) is 6.68. The van der Waals surface area contributed by atoms with Crippen LogP contribution in [0.1, 0.15) is 45.5 Å². The first-order valence-electron chi connectivity index (χ1n) is 8.56. The maximum atomic E-state index is 4.49. The summed E-state index contributed by atoms with van der Waals surface area (Å²) in [5.74, 6) is 0.828. The fourth-order valence-corrected chi connectivity index (χ4v) is 2.67. The predicted molar refractivity (Wildman–Crippen MR) is 98.8 cm³/mol. The summed E-state index contributed by atoms with van der Waals surface area (Å²) in [6.07, 6.45) is 1.10. The Labute approximate surface area is 141 Å². The van der Waals surface area contributed by atoms with Crippen LogP contribution in [0.4, 0.5) is 0 Å². The molecule has 0 atom stereocenters. The van der Waals surface area contributed by atoms with Crippen molar-refractivity contribution in [3.05, 3.63) is 29.6 Å². The van der Waals surface area contributed by atoms with Crippen LogP contribution < -0.4 is 10.6 Å². The molecule has 1 aromatic heterocycles. The molecule has 23 heavy (non-hydrogen) atoms. The summed E-state index contributed by atoms with van der Waals surface area (Å²) in [6, 6.07) is 7.23. The molecular weight excluding hydrogens is 286 g/mol. The standard InChI is InChI=1S/C18H33N5/c1-14(2)23(15(3)4)12-8-11-20-18(19-6)21-13-17-10-7-9-16(5)22-17/h7,9-10,14-15H,8,11-13H2,1-6H3,(H2,19,20,21). The van der Waals surface area contributed by atoms with Crippen molar-refractivity contribution in [1.29, 1.82) is 0 Å². The summed E-state index contributed by atoms with van der Waals surface area (Å²) in [4.78, 5) is 11.3. The number of guanidine groups is 1. The van der Waals surface area contributed by atoms with Crippen LogP contribution in [0.5, 0.6) is 0 Å². The zero-order valence-corrected chi connectivity index (χ0v) is 15.6. The van der Waals surface area contributed by atoms with Gasteiger partial charge in [0.25, 0.3) is 0 Å². The molecule has 0 fully saturated rings. The van der Waals surface area contributed by atoms with Crippen LogP contribution in [0, 0.1) is 6.92 Å². The Balaban J connectivity index is 2.32. The third-order valence-electron chi connectivity index (χ3n) is 3.82. The quantitative estimate of drug-likeness (QED) is 0.439. The highest BCUT2D eigenvalue weighted by Crippen LogP contribution is 2.05. The van der Waals surface area contributed by atoms with Gasteiger partial charge in [-0.05, 0) is 53.2 Å². The fraction of sp³-hybridized carbons (Fsp3) is 0.667. The molecule has 0 aliphatic heterocycles. The Bertz CT molecular complexity index is 474. The minimum absolute atomic E-state index is 0.583. The van der Waals surface area contributed by atoms with Crippen molar-refractivity contribution in [3.8, 4) is 0 Å². The molecule has 0 aliphatic rings.